The van der Waals surface area contributed by atoms with Crippen LogP contribution in [0.15, 0.2) is 56.7 Å². The lowest BCUT2D eigenvalue weighted by molar-refractivity contribution is -0.115. The van der Waals surface area contributed by atoms with E-state index < -0.39 is 5.25 Å². The minimum atomic E-state index is -0.431. The number of thioether (sulfide) groups is 1. The zero-order valence-electron chi connectivity index (χ0n) is 13.8. The summed E-state index contributed by atoms with van der Waals surface area (Å²) in [5.41, 5.74) is 0.628. The number of hydrogen-bond donors (Lipinski definition) is 1. The standard InChI is InChI=1S/C17H17N3O4S/c1-3-22-13-8-5-4-7-12(13)18-15(21)11(2)25-17-20-19-16(24-17)14-9-6-10-23-14/h4-11H,3H2,1-2H3,(H,18,21)/t11-/m0/s1. The molecule has 8 heteroatoms. The average Bonchev–Trinajstić information content (AvgIpc) is 3.28. The van der Waals surface area contributed by atoms with Crippen molar-refractivity contribution in [2.45, 2.75) is 24.3 Å². The van der Waals surface area contributed by atoms with Crippen molar-refractivity contribution in [2.75, 3.05) is 11.9 Å². The highest BCUT2D eigenvalue weighted by atomic mass is 32.2. The molecule has 3 rings (SSSR count). The first kappa shape index (κ1) is 17.1. The molecule has 25 heavy (non-hydrogen) atoms. The maximum Gasteiger partial charge on any atom is 0.284 e. The van der Waals surface area contributed by atoms with Crippen molar-refractivity contribution in [3.05, 3.63) is 42.7 Å². The van der Waals surface area contributed by atoms with Crippen molar-refractivity contribution in [3.63, 3.8) is 0 Å². The van der Waals surface area contributed by atoms with Gasteiger partial charge in [0.1, 0.15) is 5.75 Å². The second kappa shape index (κ2) is 7.89. The van der Waals surface area contributed by atoms with Crippen LogP contribution in [0.5, 0.6) is 5.75 Å². The summed E-state index contributed by atoms with van der Waals surface area (Å²) in [6, 6.07) is 10.8. The van der Waals surface area contributed by atoms with Crippen molar-refractivity contribution in [3.8, 4) is 17.4 Å². The number of furan rings is 1. The highest BCUT2D eigenvalue weighted by Gasteiger charge is 2.20. The summed E-state index contributed by atoms with van der Waals surface area (Å²) in [5, 5.41) is 10.6. The summed E-state index contributed by atoms with van der Waals surface area (Å²) < 4.78 is 16.2. The van der Waals surface area contributed by atoms with Crippen LogP contribution in [0.4, 0.5) is 5.69 Å². The minimum absolute atomic E-state index is 0.185. The van der Waals surface area contributed by atoms with Crippen molar-refractivity contribution in [1.29, 1.82) is 0 Å². The molecule has 2 heterocycles. The molecular formula is C17H17N3O4S. The van der Waals surface area contributed by atoms with E-state index in [1.807, 2.05) is 25.1 Å². The topological polar surface area (TPSA) is 90.4 Å². The number of rotatable bonds is 7. The smallest absolute Gasteiger partial charge is 0.284 e. The Bertz CT molecular complexity index is 832. The molecule has 7 nitrogen and oxygen atoms in total. The fraction of sp³-hybridized carbons (Fsp3) is 0.235. The van der Waals surface area contributed by atoms with Crippen molar-refractivity contribution in [1.82, 2.24) is 10.2 Å². The van der Waals surface area contributed by atoms with Gasteiger partial charge < -0.3 is 18.9 Å². The lowest BCUT2D eigenvalue weighted by atomic mass is 10.3. The first-order chi connectivity index (χ1) is 12.2. The van der Waals surface area contributed by atoms with E-state index >= 15 is 0 Å². The molecule has 0 fully saturated rings. The summed E-state index contributed by atoms with van der Waals surface area (Å²) in [6.07, 6.45) is 1.53. The SMILES string of the molecule is CCOc1ccccc1NC(=O)[C@H](C)Sc1nnc(-c2ccco2)o1. The van der Waals surface area contributed by atoms with Crippen molar-refractivity contribution in [2.24, 2.45) is 0 Å². The lowest BCUT2D eigenvalue weighted by Crippen LogP contribution is -2.22. The zero-order chi connectivity index (χ0) is 17.6. The Morgan fingerprint density at radius 1 is 1.28 bits per heavy atom. The van der Waals surface area contributed by atoms with E-state index in [4.69, 9.17) is 13.6 Å². The van der Waals surface area contributed by atoms with E-state index in [0.717, 1.165) is 0 Å². The fourth-order valence-corrected chi connectivity index (χ4v) is 2.73. The summed E-state index contributed by atoms with van der Waals surface area (Å²) >= 11 is 1.17. The van der Waals surface area contributed by atoms with Gasteiger partial charge in [-0.15, -0.1) is 10.2 Å². The number of para-hydroxylation sites is 2. The van der Waals surface area contributed by atoms with Gasteiger partial charge in [-0.05, 0) is 38.1 Å². The Kier molecular flexibility index (Phi) is 5.39. The van der Waals surface area contributed by atoms with Crippen LogP contribution in [0, 0.1) is 0 Å². The number of nitrogens with one attached hydrogen (secondary N) is 1. The minimum Gasteiger partial charge on any atom is -0.492 e. The van der Waals surface area contributed by atoms with Gasteiger partial charge in [-0.2, -0.15) is 0 Å². The van der Waals surface area contributed by atoms with Gasteiger partial charge in [0, 0.05) is 0 Å². The van der Waals surface area contributed by atoms with E-state index in [1.54, 1.807) is 25.1 Å². The molecule has 0 saturated heterocycles. The van der Waals surface area contributed by atoms with Crippen LogP contribution in [-0.2, 0) is 4.79 Å². The molecule has 0 saturated carbocycles. The molecule has 0 unspecified atom stereocenters. The quantitative estimate of drug-likeness (QED) is 0.641. The van der Waals surface area contributed by atoms with Crippen molar-refractivity contribution >= 4 is 23.4 Å². The molecule has 1 N–H and O–H groups in total. The second-order valence-corrected chi connectivity index (χ2v) is 6.32. The Morgan fingerprint density at radius 3 is 2.88 bits per heavy atom. The molecule has 1 aromatic carbocycles. The Balaban J connectivity index is 1.63. The predicted octanol–water partition coefficient (Wildman–Crippen LogP) is 3.85. The van der Waals surface area contributed by atoms with Crippen LogP contribution in [0.2, 0.25) is 0 Å². The monoisotopic (exact) mass is 359 g/mol. The van der Waals surface area contributed by atoms with E-state index in [0.29, 0.717) is 29.0 Å². The summed E-state index contributed by atoms with van der Waals surface area (Å²) in [4.78, 5) is 12.4. The highest BCUT2D eigenvalue weighted by molar-refractivity contribution is 8.00. The molecule has 0 radical (unpaired) electrons. The molecular weight excluding hydrogens is 342 g/mol. The number of anilines is 1. The van der Waals surface area contributed by atoms with Crippen LogP contribution in [0.3, 0.4) is 0 Å². The second-order valence-electron chi connectivity index (χ2n) is 5.03. The molecule has 0 aliphatic carbocycles. The number of ether oxygens (including phenoxy) is 1. The maximum absolute atomic E-state index is 12.4. The molecule has 1 amide bonds. The van der Waals surface area contributed by atoms with Crippen LogP contribution < -0.4 is 10.1 Å². The third kappa shape index (κ3) is 4.21. The van der Waals surface area contributed by atoms with Gasteiger partial charge in [0.25, 0.3) is 11.1 Å². The number of carbonyl (C=O) groups excluding carboxylic acids is 1. The van der Waals surface area contributed by atoms with Gasteiger partial charge >= 0.3 is 0 Å². The Morgan fingerprint density at radius 2 is 2.12 bits per heavy atom. The number of carbonyl (C=O) groups is 1. The number of hydrogen-bond acceptors (Lipinski definition) is 7. The summed E-state index contributed by atoms with van der Waals surface area (Å²) in [7, 11) is 0. The molecule has 0 bridgehead atoms. The van der Waals surface area contributed by atoms with Crippen molar-refractivity contribution < 1.29 is 18.4 Å². The van der Waals surface area contributed by atoms with Gasteiger partial charge in [-0.3, -0.25) is 4.79 Å². The fourth-order valence-electron chi connectivity index (χ4n) is 2.05. The zero-order valence-corrected chi connectivity index (χ0v) is 14.6. The Hall–Kier alpha value is -2.74. The molecule has 3 aromatic rings. The van der Waals surface area contributed by atoms with E-state index in [2.05, 4.69) is 15.5 Å². The molecule has 130 valence electrons. The van der Waals surface area contributed by atoms with E-state index in [-0.39, 0.29) is 11.8 Å². The number of aromatic nitrogens is 2. The number of nitrogens with zero attached hydrogens (tertiary/aromatic N) is 2. The first-order valence-electron chi connectivity index (χ1n) is 7.74. The summed E-state index contributed by atoms with van der Waals surface area (Å²) in [6.45, 7) is 4.18. The largest absolute Gasteiger partial charge is 0.492 e. The number of amides is 1. The molecule has 0 spiro atoms. The summed E-state index contributed by atoms with van der Waals surface area (Å²) in [5.74, 6) is 1.22. The first-order valence-corrected chi connectivity index (χ1v) is 8.62. The van der Waals surface area contributed by atoms with Gasteiger partial charge in [0.15, 0.2) is 5.76 Å². The third-order valence-electron chi connectivity index (χ3n) is 3.23. The molecule has 0 aliphatic rings. The molecule has 1 atom stereocenters. The van der Waals surface area contributed by atoms with Gasteiger partial charge in [0.05, 0.1) is 23.8 Å². The van der Waals surface area contributed by atoms with E-state index in [1.165, 1.54) is 18.0 Å². The normalized spacial score (nSPS) is 11.9. The number of benzene rings is 1. The van der Waals surface area contributed by atoms with Crippen LogP contribution in [0.1, 0.15) is 13.8 Å². The van der Waals surface area contributed by atoms with Crippen LogP contribution >= 0.6 is 11.8 Å². The predicted molar refractivity (Wildman–Crippen MR) is 93.6 cm³/mol. The molecule has 2 aromatic heterocycles. The highest BCUT2D eigenvalue weighted by Crippen LogP contribution is 2.28. The lowest BCUT2D eigenvalue weighted by Gasteiger charge is -2.13. The van der Waals surface area contributed by atoms with E-state index in [9.17, 15) is 4.79 Å². The average molecular weight is 359 g/mol. The Labute approximate surface area is 148 Å². The van der Waals surface area contributed by atoms with Crippen LogP contribution in [-0.4, -0.2) is 28.0 Å². The maximum atomic E-state index is 12.4. The third-order valence-corrected chi connectivity index (χ3v) is 4.16. The van der Waals surface area contributed by atoms with Gasteiger partial charge in [-0.1, -0.05) is 23.9 Å². The van der Waals surface area contributed by atoms with Gasteiger partial charge in [0.2, 0.25) is 5.91 Å². The van der Waals surface area contributed by atoms with Crippen LogP contribution in [0.25, 0.3) is 11.7 Å². The van der Waals surface area contributed by atoms with Gasteiger partial charge in [-0.25, -0.2) is 0 Å². The molecule has 0 aliphatic heterocycles.